The number of ether oxygens (including phenoxy) is 1. The van der Waals surface area contributed by atoms with Gasteiger partial charge in [-0.05, 0) is 24.0 Å². The molecule has 1 heterocycles. The lowest BCUT2D eigenvalue weighted by atomic mass is 9.99. The summed E-state index contributed by atoms with van der Waals surface area (Å²) in [7, 11) is 1.62. The average Bonchev–Trinajstić information content (AvgIpc) is 2.67. The standard InChI is InChI=1S/C19H15N3O2S/c1-24-16-9-4-3-8-14(16)12-6-5-7-13(10-12)17-15(11-20)18(23)22-19(21-17)25-2/h3-10H,1-2H3,(H,21,22,23). The van der Waals surface area contributed by atoms with Crippen LogP contribution in [0, 0.1) is 11.3 Å². The Morgan fingerprint density at radius 1 is 1.16 bits per heavy atom. The van der Waals surface area contributed by atoms with Crippen LogP contribution in [-0.2, 0) is 0 Å². The summed E-state index contributed by atoms with van der Waals surface area (Å²) in [5.41, 5.74) is 2.52. The van der Waals surface area contributed by atoms with Gasteiger partial charge in [-0.2, -0.15) is 5.26 Å². The van der Waals surface area contributed by atoms with Crippen LogP contribution in [0.15, 0.2) is 58.5 Å². The van der Waals surface area contributed by atoms with E-state index >= 15 is 0 Å². The van der Waals surface area contributed by atoms with Gasteiger partial charge in [0.2, 0.25) is 0 Å². The molecule has 0 amide bonds. The molecule has 5 nitrogen and oxygen atoms in total. The van der Waals surface area contributed by atoms with Gasteiger partial charge in [0.15, 0.2) is 5.16 Å². The molecular formula is C19H15N3O2S. The number of para-hydroxylation sites is 1. The van der Waals surface area contributed by atoms with E-state index in [1.807, 2.05) is 60.9 Å². The quantitative estimate of drug-likeness (QED) is 0.574. The monoisotopic (exact) mass is 349 g/mol. The fourth-order valence-corrected chi connectivity index (χ4v) is 2.96. The van der Waals surface area contributed by atoms with E-state index in [1.165, 1.54) is 11.8 Å². The number of aromatic amines is 1. The van der Waals surface area contributed by atoms with Crippen molar-refractivity contribution in [3.63, 3.8) is 0 Å². The third-order valence-electron chi connectivity index (χ3n) is 3.76. The van der Waals surface area contributed by atoms with E-state index in [1.54, 1.807) is 7.11 Å². The molecule has 3 aromatic rings. The molecule has 0 aliphatic rings. The Morgan fingerprint density at radius 3 is 2.64 bits per heavy atom. The van der Waals surface area contributed by atoms with Gasteiger partial charge in [0.1, 0.15) is 17.4 Å². The van der Waals surface area contributed by atoms with Gasteiger partial charge in [-0.25, -0.2) is 4.98 Å². The van der Waals surface area contributed by atoms with Crippen LogP contribution in [0.3, 0.4) is 0 Å². The molecule has 0 fully saturated rings. The van der Waals surface area contributed by atoms with E-state index in [-0.39, 0.29) is 5.56 Å². The van der Waals surface area contributed by atoms with E-state index in [4.69, 9.17) is 4.74 Å². The van der Waals surface area contributed by atoms with Crippen LogP contribution in [0.5, 0.6) is 5.75 Å². The minimum Gasteiger partial charge on any atom is -0.496 e. The molecule has 1 N–H and O–H groups in total. The molecule has 1 aromatic heterocycles. The first kappa shape index (κ1) is 16.8. The number of methoxy groups -OCH3 is 1. The van der Waals surface area contributed by atoms with Crippen molar-refractivity contribution in [1.82, 2.24) is 9.97 Å². The lowest BCUT2D eigenvalue weighted by molar-refractivity contribution is 0.416. The highest BCUT2D eigenvalue weighted by Crippen LogP contribution is 2.32. The zero-order valence-corrected chi connectivity index (χ0v) is 14.6. The number of rotatable bonds is 4. The fraction of sp³-hybridized carbons (Fsp3) is 0.105. The Kier molecular flexibility index (Phi) is 4.87. The fourth-order valence-electron chi connectivity index (χ4n) is 2.58. The first-order chi connectivity index (χ1) is 12.2. The Bertz CT molecular complexity index is 1020. The molecule has 3 rings (SSSR count). The summed E-state index contributed by atoms with van der Waals surface area (Å²) in [5.74, 6) is 0.754. The molecule has 0 aliphatic carbocycles. The molecule has 0 radical (unpaired) electrons. The molecule has 0 bridgehead atoms. The number of hydrogen-bond donors (Lipinski definition) is 1. The van der Waals surface area contributed by atoms with Crippen LogP contribution in [-0.4, -0.2) is 23.3 Å². The van der Waals surface area contributed by atoms with Crippen molar-refractivity contribution in [2.45, 2.75) is 5.16 Å². The first-order valence-electron chi connectivity index (χ1n) is 7.50. The van der Waals surface area contributed by atoms with E-state index in [0.29, 0.717) is 16.4 Å². The molecule has 0 saturated heterocycles. The summed E-state index contributed by atoms with van der Waals surface area (Å²) in [4.78, 5) is 19.2. The number of aromatic nitrogens is 2. The minimum atomic E-state index is -0.431. The normalized spacial score (nSPS) is 10.3. The molecule has 0 saturated carbocycles. The smallest absolute Gasteiger partial charge is 0.270 e. The highest BCUT2D eigenvalue weighted by Gasteiger charge is 2.14. The average molecular weight is 349 g/mol. The summed E-state index contributed by atoms with van der Waals surface area (Å²) >= 11 is 1.32. The number of benzene rings is 2. The van der Waals surface area contributed by atoms with Gasteiger partial charge >= 0.3 is 0 Å². The van der Waals surface area contributed by atoms with Crippen molar-refractivity contribution in [3.8, 4) is 34.2 Å². The SMILES string of the molecule is COc1ccccc1-c1cccc(-c2nc(SC)[nH]c(=O)c2C#N)c1. The lowest BCUT2D eigenvalue weighted by Crippen LogP contribution is -2.14. The predicted molar refractivity (Wildman–Crippen MR) is 98.8 cm³/mol. The Morgan fingerprint density at radius 2 is 1.92 bits per heavy atom. The molecule has 0 atom stereocenters. The Labute approximate surface area is 149 Å². The van der Waals surface area contributed by atoms with E-state index in [2.05, 4.69) is 9.97 Å². The van der Waals surface area contributed by atoms with Gasteiger partial charge < -0.3 is 9.72 Å². The zero-order chi connectivity index (χ0) is 17.8. The van der Waals surface area contributed by atoms with E-state index in [0.717, 1.165) is 16.9 Å². The Balaban J connectivity index is 2.20. The van der Waals surface area contributed by atoms with Gasteiger partial charge in [-0.3, -0.25) is 4.79 Å². The van der Waals surface area contributed by atoms with Crippen LogP contribution in [0.1, 0.15) is 5.56 Å². The largest absolute Gasteiger partial charge is 0.496 e. The van der Waals surface area contributed by atoms with Crippen molar-refractivity contribution in [2.24, 2.45) is 0 Å². The highest BCUT2D eigenvalue weighted by molar-refractivity contribution is 7.98. The van der Waals surface area contributed by atoms with Crippen molar-refractivity contribution >= 4 is 11.8 Å². The van der Waals surface area contributed by atoms with E-state index < -0.39 is 5.56 Å². The second kappa shape index (κ2) is 7.24. The van der Waals surface area contributed by atoms with Gasteiger partial charge in [0.05, 0.1) is 12.8 Å². The number of thioether (sulfide) groups is 1. The van der Waals surface area contributed by atoms with Gasteiger partial charge in [0, 0.05) is 11.1 Å². The molecular weight excluding hydrogens is 334 g/mol. The summed E-state index contributed by atoms with van der Waals surface area (Å²) in [6.07, 6.45) is 1.82. The van der Waals surface area contributed by atoms with Crippen LogP contribution in [0.25, 0.3) is 22.4 Å². The molecule has 0 unspecified atom stereocenters. The maximum atomic E-state index is 12.1. The second-order valence-electron chi connectivity index (χ2n) is 5.19. The molecule has 25 heavy (non-hydrogen) atoms. The Hall–Kier alpha value is -3.04. The van der Waals surface area contributed by atoms with Crippen LogP contribution in [0.2, 0.25) is 0 Å². The number of nitrogens with one attached hydrogen (secondary N) is 1. The summed E-state index contributed by atoms with van der Waals surface area (Å²) < 4.78 is 5.42. The topological polar surface area (TPSA) is 78.8 Å². The molecule has 0 spiro atoms. The predicted octanol–water partition coefficient (Wildman–Crippen LogP) is 3.71. The minimum absolute atomic E-state index is 0.00924. The summed E-state index contributed by atoms with van der Waals surface area (Å²) in [6, 6.07) is 17.2. The summed E-state index contributed by atoms with van der Waals surface area (Å²) in [6.45, 7) is 0. The summed E-state index contributed by atoms with van der Waals surface area (Å²) in [5, 5.41) is 9.83. The zero-order valence-electron chi connectivity index (χ0n) is 13.7. The number of H-pyrrole nitrogens is 1. The second-order valence-corrected chi connectivity index (χ2v) is 5.99. The molecule has 6 heteroatoms. The molecule has 0 aliphatic heterocycles. The third-order valence-corrected chi connectivity index (χ3v) is 4.34. The van der Waals surface area contributed by atoms with Gasteiger partial charge in [-0.15, -0.1) is 0 Å². The van der Waals surface area contributed by atoms with E-state index in [9.17, 15) is 10.1 Å². The van der Waals surface area contributed by atoms with Crippen LogP contribution in [0.4, 0.5) is 0 Å². The van der Waals surface area contributed by atoms with Crippen molar-refractivity contribution in [2.75, 3.05) is 13.4 Å². The maximum absolute atomic E-state index is 12.1. The third kappa shape index (κ3) is 3.28. The van der Waals surface area contributed by atoms with Crippen molar-refractivity contribution < 1.29 is 4.74 Å². The highest BCUT2D eigenvalue weighted by atomic mass is 32.2. The van der Waals surface area contributed by atoms with Crippen LogP contribution < -0.4 is 10.3 Å². The van der Waals surface area contributed by atoms with Crippen molar-refractivity contribution in [3.05, 3.63) is 64.4 Å². The molecule has 2 aromatic carbocycles. The first-order valence-corrected chi connectivity index (χ1v) is 8.72. The van der Waals surface area contributed by atoms with Gasteiger partial charge in [0.25, 0.3) is 5.56 Å². The lowest BCUT2D eigenvalue weighted by Gasteiger charge is -2.10. The van der Waals surface area contributed by atoms with Crippen molar-refractivity contribution in [1.29, 1.82) is 5.26 Å². The maximum Gasteiger partial charge on any atom is 0.270 e. The number of hydrogen-bond acceptors (Lipinski definition) is 5. The van der Waals surface area contributed by atoms with Gasteiger partial charge in [-0.1, -0.05) is 48.2 Å². The number of nitriles is 1. The van der Waals surface area contributed by atoms with Crippen LogP contribution >= 0.6 is 11.8 Å². The number of nitrogens with zero attached hydrogens (tertiary/aromatic N) is 2. The molecule has 124 valence electrons.